The smallest absolute Gasteiger partial charge is 0.152 e. The predicted octanol–water partition coefficient (Wildman–Crippen LogP) is 5.55. The van der Waals surface area contributed by atoms with Crippen molar-refractivity contribution in [2.75, 3.05) is 0 Å². The number of furan rings is 1. The summed E-state index contributed by atoms with van der Waals surface area (Å²) in [6, 6.07) is 16.2. The molecule has 0 radical (unpaired) electrons. The Morgan fingerprint density at radius 2 is 1.86 bits per heavy atom. The molecule has 1 aromatic heterocycles. The molecule has 2 N–H and O–H groups in total. The second kappa shape index (κ2) is 5.92. The van der Waals surface area contributed by atoms with Crippen molar-refractivity contribution < 1.29 is 4.42 Å². The molecule has 108 valence electrons. The minimum Gasteiger partial charge on any atom is -0.458 e. The molecular weight excluding hydrogens is 282 g/mol. The van der Waals surface area contributed by atoms with Crippen LogP contribution < -0.4 is 5.73 Å². The van der Waals surface area contributed by atoms with E-state index in [9.17, 15) is 0 Å². The zero-order valence-corrected chi connectivity index (χ0v) is 12.7. The minimum atomic E-state index is -0.0707. The first kappa shape index (κ1) is 14.2. The molecule has 3 heteroatoms. The van der Waals surface area contributed by atoms with Crippen molar-refractivity contribution in [1.82, 2.24) is 0 Å². The van der Waals surface area contributed by atoms with Gasteiger partial charge in [-0.3, -0.25) is 0 Å². The maximum atomic E-state index is 6.37. The molecule has 21 heavy (non-hydrogen) atoms. The molecule has 0 saturated carbocycles. The molecule has 3 rings (SSSR count). The van der Waals surface area contributed by atoms with Gasteiger partial charge in [-0.15, -0.1) is 0 Å². The van der Waals surface area contributed by atoms with Crippen molar-refractivity contribution in [1.29, 1.82) is 0 Å². The molecule has 0 amide bonds. The highest BCUT2D eigenvalue weighted by molar-refractivity contribution is 6.35. The van der Waals surface area contributed by atoms with Crippen molar-refractivity contribution in [3.63, 3.8) is 0 Å². The summed E-state index contributed by atoms with van der Waals surface area (Å²) in [7, 11) is 0. The Hall–Kier alpha value is -1.77. The maximum absolute atomic E-state index is 6.37. The first-order valence-electron chi connectivity index (χ1n) is 7.23. The number of benzene rings is 2. The second-order valence-electron chi connectivity index (χ2n) is 5.29. The van der Waals surface area contributed by atoms with Crippen LogP contribution in [0.1, 0.15) is 31.6 Å². The fraction of sp³-hybridized carbons (Fsp3) is 0.222. The van der Waals surface area contributed by atoms with Crippen LogP contribution >= 0.6 is 11.6 Å². The van der Waals surface area contributed by atoms with Crippen LogP contribution in [-0.4, -0.2) is 0 Å². The fourth-order valence-electron chi connectivity index (χ4n) is 2.56. The predicted molar refractivity (Wildman–Crippen MR) is 88.5 cm³/mol. The standard InChI is InChI=1S/C18H18ClNO/c1-2-6-16(20)17-11-14-9-13(10-15(19)18(14)21-17)12-7-4-3-5-8-12/h3-5,7-11,16H,2,6,20H2,1H3. The molecule has 0 aliphatic rings. The van der Waals surface area contributed by atoms with E-state index in [1.807, 2.05) is 30.3 Å². The molecule has 0 aliphatic carbocycles. The van der Waals surface area contributed by atoms with Crippen molar-refractivity contribution >= 4 is 22.6 Å². The molecule has 0 bridgehead atoms. The Balaban J connectivity index is 2.07. The fourth-order valence-corrected chi connectivity index (χ4v) is 2.83. The molecule has 0 saturated heterocycles. The highest BCUT2D eigenvalue weighted by atomic mass is 35.5. The van der Waals surface area contributed by atoms with Gasteiger partial charge in [-0.05, 0) is 35.7 Å². The average molecular weight is 300 g/mol. The van der Waals surface area contributed by atoms with E-state index in [0.717, 1.165) is 40.7 Å². The molecule has 0 aliphatic heterocycles. The molecule has 2 nitrogen and oxygen atoms in total. The van der Waals surface area contributed by atoms with E-state index in [0.29, 0.717) is 5.02 Å². The monoisotopic (exact) mass is 299 g/mol. The van der Waals surface area contributed by atoms with Crippen LogP contribution in [0, 0.1) is 0 Å². The Morgan fingerprint density at radius 1 is 1.10 bits per heavy atom. The summed E-state index contributed by atoms with van der Waals surface area (Å²) in [6.45, 7) is 2.11. The van der Waals surface area contributed by atoms with Crippen LogP contribution in [0.2, 0.25) is 5.02 Å². The zero-order valence-electron chi connectivity index (χ0n) is 12.0. The number of halogens is 1. The first-order valence-corrected chi connectivity index (χ1v) is 7.61. The number of hydrogen-bond donors (Lipinski definition) is 1. The van der Waals surface area contributed by atoms with Crippen molar-refractivity contribution in [3.8, 4) is 11.1 Å². The lowest BCUT2D eigenvalue weighted by Crippen LogP contribution is -2.08. The largest absolute Gasteiger partial charge is 0.458 e. The molecular formula is C18H18ClNO. The van der Waals surface area contributed by atoms with E-state index in [4.69, 9.17) is 21.8 Å². The van der Waals surface area contributed by atoms with Crippen molar-refractivity contribution in [3.05, 3.63) is 59.3 Å². The third kappa shape index (κ3) is 2.82. The Morgan fingerprint density at radius 3 is 2.57 bits per heavy atom. The van der Waals surface area contributed by atoms with E-state index in [1.54, 1.807) is 0 Å². The van der Waals surface area contributed by atoms with Crippen molar-refractivity contribution in [2.24, 2.45) is 5.73 Å². The van der Waals surface area contributed by atoms with Crippen LogP contribution in [0.5, 0.6) is 0 Å². The molecule has 3 aromatic rings. The van der Waals surface area contributed by atoms with E-state index in [1.165, 1.54) is 0 Å². The van der Waals surface area contributed by atoms with Crippen LogP contribution in [0.4, 0.5) is 0 Å². The number of rotatable bonds is 4. The van der Waals surface area contributed by atoms with Gasteiger partial charge in [0.1, 0.15) is 5.76 Å². The normalized spacial score (nSPS) is 12.7. The molecule has 1 unspecified atom stereocenters. The summed E-state index contributed by atoms with van der Waals surface area (Å²) in [5.74, 6) is 0.805. The van der Waals surface area contributed by atoms with Crippen LogP contribution in [0.25, 0.3) is 22.1 Å². The Labute approximate surface area is 129 Å². The zero-order chi connectivity index (χ0) is 14.8. The second-order valence-corrected chi connectivity index (χ2v) is 5.69. The van der Waals surface area contributed by atoms with Crippen LogP contribution in [0.15, 0.2) is 52.9 Å². The van der Waals surface area contributed by atoms with Gasteiger partial charge in [-0.1, -0.05) is 55.3 Å². The summed E-state index contributed by atoms with van der Waals surface area (Å²) in [6.07, 6.45) is 1.93. The summed E-state index contributed by atoms with van der Waals surface area (Å²) < 4.78 is 5.85. The third-order valence-electron chi connectivity index (χ3n) is 3.66. The lowest BCUT2D eigenvalue weighted by molar-refractivity contribution is 0.475. The highest BCUT2D eigenvalue weighted by Gasteiger charge is 2.14. The van der Waals surface area contributed by atoms with Gasteiger partial charge in [-0.2, -0.15) is 0 Å². The maximum Gasteiger partial charge on any atom is 0.152 e. The van der Waals surface area contributed by atoms with E-state index in [2.05, 4.69) is 25.1 Å². The lowest BCUT2D eigenvalue weighted by Gasteiger charge is -2.05. The molecule has 1 heterocycles. The SMILES string of the molecule is CCCC(N)c1cc2cc(-c3ccccc3)cc(Cl)c2o1. The van der Waals surface area contributed by atoms with Gasteiger partial charge in [0.15, 0.2) is 5.58 Å². The van der Waals surface area contributed by atoms with Gasteiger partial charge < -0.3 is 10.2 Å². The first-order chi connectivity index (χ1) is 10.2. The average Bonchev–Trinajstić information content (AvgIpc) is 2.93. The van der Waals surface area contributed by atoms with Gasteiger partial charge >= 0.3 is 0 Å². The molecule has 1 atom stereocenters. The summed E-state index contributed by atoms with van der Waals surface area (Å²) in [4.78, 5) is 0. The van der Waals surface area contributed by atoms with Crippen molar-refractivity contribution in [2.45, 2.75) is 25.8 Å². The highest BCUT2D eigenvalue weighted by Crippen LogP contribution is 2.34. The van der Waals surface area contributed by atoms with Gasteiger partial charge in [0, 0.05) is 5.39 Å². The molecule has 0 fully saturated rings. The van der Waals surface area contributed by atoms with Gasteiger partial charge in [0.05, 0.1) is 11.1 Å². The lowest BCUT2D eigenvalue weighted by atomic mass is 10.0. The Kier molecular flexibility index (Phi) is 4.00. The third-order valence-corrected chi connectivity index (χ3v) is 3.94. The van der Waals surface area contributed by atoms with E-state index >= 15 is 0 Å². The number of hydrogen-bond acceptors (Lipinski definition) is 2. The van der Waals surface area contributed by atoms with Crippen LogP contribution in [-0.2, 0) is 0 Å². The summed E-state index contributed by atoms with van der Waals surface area (Å²) in [5, 5.41) is 1.63. The quantitative estimate of drug-likeness (QED) is 0.685. The topological polar surface area (TPSA) is 39.2 Å². The van der Waals surface area contributed by atoms with Gasteiger partial charge in [0.2, 0.25) is 0 Å². The minimum absolute atomic E-state index is 0.0707. The Bertz CT molecular complexity index is 749. The van der Waals surface area contributed by atoms with E-state index < -0.39 is 0 Å². The summed E-state index contributed by atoms with van der Waals surface area (Å²) in [5.41, 5.74) is 9.08. The molecule has 0 spiro atoms. The van der Waals surface area contributed by atoms with Gasteiger partial charge in [0.25, 0.3) is 0 Å². The molecule has 2 aromatic carbocycles. The number of nitrogens with two attached hydrogens (primary N) is 1. The van der Waals surface area contributed by atoms with E-state index in [-0.39, 0.29) is 6.04 Å². The number of fused-ring (bicyclic) bond motifs is 1. The van der Waals surface area contributed by atoms with Gasteiger partial charge in [-0.25, -0.2) is 0 Å². The summed E-state index contributed by atoms with van der Waals surface area (Å²) >= 11 is 6.37. The van der Waals surface area contributed by atoms with Crippen LogP contribution in [0.3, 0.4) is 0 Å².